The summed E-state index contributed by atoms with van der Waals surface area (Å²) >= 11 is 0. The van der Waals surface area contributed by atoms with Crippen LogP contribution in [0.3, 0.4) is 0 Å². The first-order chi connectivity index (χ1) is 22.5. The predicted octanol–water partition coefficient (Wildman–Crippen LogP) is 11.6. The fourth-order valence-electron chi connectivity index (χ4n) is 10.4. The number of aliphatic hydroxyl groups is 1. The Morgan fingerprint density at radius 2 is 1.53 bits per heavy atom. The number of benzene rings is 1. The van der Waals surface area contributed by atoms with Crippen LogP contribution in [0.15, 0.2) is 47.1 Å². The molecule has 2 fully saturated rings. The summed E-state index contributed by atoms with van der Waals surface area (Å²) in [5, 5.41) is 12.6. The zero-order valence-corrected chi connectivity index (χ0v) is 34.3. The van der Waals surface area contributed by atoms with Gasteiger partial charge in [-0.25, -0.2) is 0 Å². The first-order valence-corrected chi connectivity index (χ1v) is 24.1. The van der Waals surface area contributed by atoms with Gasteiger partial charge in [0.1, 0.15) is 19.4 Å². The van der Waals surface area contributed by atoms with Crippen LogP contribution in [-0.4, -0.2) is 38.8 Å². The van der Waals surface area contributed by atoms with Crippen LogP contribution in [0, 0.1) is 28.7 Å². The van der Waals surface area contributed by atoms with Crippen LogP contribution < -0.4 is 4.43 Å². The lowest BCUT2D eigenvalue weighted by molar-refractivity contribution is -0.209. The van der Waals surface area contributed by atoms with Crippen LogP contribution in [0.4, 0.5) is 8.78 Å². The number of rotatable bonds is 7. The Balaban J connectivity index is 1.61. The molecule has 49 heavy (non-hydrogen) atoms. The summed E-state index contributed by atoms with van der Waals surface area (Å²) in [6.07, 6.45) is 5.66. The van der Waals surface area contributed by atoms with Gasteiger partial charge in [-0.1, -0.05) is 86.9 Å². The predicted molar refractivity (Wildman–Crippen MR) is 203 cm³/mol. The lowest BCUT2D eigenvalue weighted by atomic mass is 9.50. The highest BCUT2D eigenvalue weighted by Gasteiger charge is 2.71. The third-order valence-corrected chi connectivity index (χ3v) is 24.8. The minimum atomic E-state index is -3.54. The van der Waals surface area contributed by atoms with E-state index in [-0.39, 0.29) is 51.6 Å². The van der Waals surface area contributed by atoms with Crippen molar-refractivity contribution < 1.29 is 23.1 Å². The Morgan fingerprint density at radius 1 is 0.939 bits per heavy atom. The number of alkyl halides is 2. The van der Waals surface area contributed by atoms with Crippen molar-refractivity contribution >= 4 is 22.2 Å². The molecule has 0 spiro atoms. The summed E-state index contributed by atoms with van der Waals surface area (Å²) < 4.78 is 40.5. The number of halogens is 2. The molecule has 0 amide bonds. The molecule has 1 aromatic rings. The molecule has 5 atom stereocenters. The summed E-state index contributed by atoms with van der Waals surface area (Å²) in [4.78, 5) is 12.5. The lowest BCUT2D eigenvalue weighted by Gasteiger charge is -2.55. The van der Waals surface area contributed by atoms with Gasteiger partial charge in [0.25, 0.3) is 0 Å². The van der Waals surface area contributed by atoms with Gasteiger partial charge in [-0.15, -0.1) is 5.54 Å². The summed E-state index contributed by atoms with van der Waals surface area (Å²) in [5.74, 6) is -0.0929. The van der Waals surface area contributed by atoms with Crippen LogP contribution in [0.25, 0.3) is 0 Å². The third-order valence-electron chi connectivity index (χ3n) is 14.2. The molecule has 1 N–H and O–H groups in total. The number of allylic oxidation sites excluding steroid dienone is 4. The number of ketones is 1. The second-order valence-corrected chi connectivity index (χ2v) is 28.9. The molecular formula is C42H62F2O3Si2. The monoisotopic (exact) mass is 708 g/mol. The van der Waals surface area contributed by atoms with Crippen molar-refractivity contribution in [3.05, 3.63) is 52.6 Å². The molecular weight excluding hydrogens is 647 g/mol. The van der Waals surface area contributed by atoms with Crippen molar-refractivity contribution in [2.75, 3.05) is 0 Å². The first-order valence-electron chi connectivity index (χ1n) is 18.9. The number of hydrogen-bond acceptors (Lipinski definition) is 3. The number of hydrogen-bond donors (Lipinski definition) is 1. The van der Waals surface area contributed by atoms with E-state index in [1.165, 1.54) is 11.1 Å². The van der Waals surface area contributed by atoms with E-state index in [2.05, 4.69) is 99.0 Å². The van der Waals surface area contributed by atoms with Gasteiger partial charge >= 0.3 is 5.92 Å². The number of carbonyl (C=O) groups excluding carboxylic acids is 1. The molecule has 4 aliphatic rings. The van der Waals surface area contributed by atoms with E-state index in [0.717, 1.165) is 29.7 Å². The van der Waals surface area contributed by atoms with Crippen LogP contribution in [-0.2, 0) is 4.79 Å². The van der Waals surface area contributed by atoms with Crippen molar-refractivity contribution in [3.8, 4) is 17.2 Å². The van der Waals surface area contributed by atoms with E-state index < -0.39 is 33.3 Å². The van der Waals surface area contributed by atoms with E-state index in [9.17, 15) is 9.90 Å². The second-order valence-electron chi connectivity index (χ2n) is 18.5. The molecule has 5 rings (SSSR count). The molecule has 0 bridgehead atoms. The van der Waals surface area contributed by atoms with Crippen molar-refractivity contribution in [2.45, 2.75) is 166 Å². The summed E-state index contributed by atoms with van der Waals surface area (Å²) in [6, 6.07) is 8.33. The van der Waals surface area contributed by atoms with Crippen LogP contribution in [0.1, 0.15) is 126 Å². The Bertz CT molecular complexity index is 1550. The highest BCUT2D eigenvalue weighted by Crippen LogP contribution is 2.69. The molecule has 4 aliphatic carbocycles. The maximum absolute atomic E-state index is 16.9. The fourth-order valence-corrected chi connectivity index (χ4v) is 16.7. The highest BCUT2D eigenvalue weighted by atomic mass is 28.4. The Morgan fingerprint density at radius 3 is 2.08 bits per heavy atom. The molecule has 0 aromatic heterocycles. The largest absolute Gasteiger partial charge is 0.544 e. The van der Waals surface area contributed by atoms with Gasteiger partial charge in [-0.2, -0.15) is 8.78 Å². The molecule has 7 heteroatoms. The molecule has 1 aromatic carbocycles. The van der Waals surface area contributed by atoms with Gasteiger partial charge in [-0.3, -0.25) is 4.79 Å². The molecule has 2 saturated carbocycles. The van der Waals surface area contributed by atoms with E-state index in [0.29, 0.717) is 25.7 Å². The second kappa shape index (κ2) is 12.9. The average molecular weight is 709 g/mol. The van der Waals surface area contributed by atoms with Gasteiger partial charge in [0.15, 0.2) is 5.78 Å². The molecule has 0 radical (unpaired) electrons. The number of fused-ring (bicyclic) bond motifs is 4. The maximum Gasteiger partial charge on any atom is 0.336 e. The Labute approximate surface area is 297 Å². The summed E-state index contributed by atoms with van der Waals surface area (Å²) in [7, 11) is -4.49. The minimum Gasteiger partial charge on any atom is -0.544 e. The van der Waals surface area contributed by atoms with Crippen molar-refractivity contribution in [2.24, 2.45) is 17.3 Å². The van der Waals surface area contributed by atoms with Crippen LogP contribution in [0.2, 0.25) is 34.8 Å². The highest BCUT2D eigenvalue weighted by molar-refractivity contribution is 6.90. The topological polar surface area (TPSA) is 46.5 Å². The standard InChI is InChI=1S/C42H62F2O3Si2/c1-27(2)49(28(3)4,29(5)6)24-23-42(43,44)41(46)22-21-37-35-19-15-31-25-32(45)16-20-34(31)38(35)36(26-40(37,41)10)30-13-17-33(18-14-30)47-48(11,12)39(7,8)9/h13-14,17-18,25,27-29,35-37,46H,15-16,19-22,26H2,1-12H3. The maximum atomic E-state index is 16.9. The SMILES string of the molecule is CC(C)[Si](C#CC(F)(F)C1(O)CCC2C3CCC4=CC(=O)CCC4=C3C(c3ccc(O[Si](C)(C)C(C)(C)C)cc3)CC21C)(C(C)C)C(C)C. The molecule has 0 saturated heterocycles. The molecule has 270 valence electrons. The van der Waals surface area contributed by atoms with Gasteiger partial charge in [0, 0.05) is 17.8 Å². The van der Waals surface area contributed by atoms with Gasteiger partial charge < -0.3 is 9.53 Å². The Kier molecular flexibility index (Phi) is 10.0. The normalized spacial score (nSPS) is 29.4. The molecule has 0 aliphatic heterocycles. The Hall–Kier alpha value is -2.02. The minimum absolute atomic E-state index is 0.0434. The summed E-state index contributed by atoms with van der Waals surface area (Å²) in [5.41, 5.74) is 5.49. The molecule has 5 unspecified atom stereocenters. The average Bonchev–Trinajstić information content (AvgIpc) is 3.27. The van der Waals surface area contributed by atoms with Gasteiger partial charge in [0.2, 0.25) is 8.32 Å². The summed E-state index contributed by atoms with van der Waals surface area (Å²) in [6.45, 7) is 25.9. The lowest BCUT2D eigenvalue weighted by Crippen LogP contribution is -2.60. The van der Waals surface area contributed by atoms with E-state index >= 15 is 8.78 Å². The van der Waals surface area contributed by atoms with Crippen LogP contribution in [0.5, 0.6) is 5.75 Å². The van der Waals surface area contributed by atoms with E-state index in [1.807, 2.05) is 25.1 Å². The fraction of sp³-hybridized carbons (Fsp3) is 0.690. The number of carbonyl (C=O) groups is 1. The quantitative estimate of drug-likeness (QED) is 0.227. The van der Waals surface area contributed by atoms with Crippen molar-refractivity contribution in [1.29, 1.82) is 0 Å². The van der Waals surface area contributed by atoms with Crippen molar-refractivity contribution in [3.63, 3.8) is 0 Å². The first kappa shape index (κ1) is 38.2. The zero-order valence-electron chi connectivity index (χ0n) is 32.3. The van der Waals surface area contributed by atoms with Crippen molar-refractivity contribution in [1.82, 2.24) is 0 Å². The molecule has 0 heterocycles. The van der Waals surface area contributed by atoms with Gasteiger partial charge in [-0.05, 0) is 126 Å². The van der Waals surface area contributed by atoms with E-state index in [1.54, 1.807) is 0 Å². The third kappa shape index (κ3) is 6.18. The van der Waals surface area contributed by atoms with Gasteiger partial charge in [0.05, 0.1) is 0 Å². The van der Waals surface area contributed by atoms with Crippen LogP contribution >= 0.6 is 0 Å². The van der Waals surface area contributed by atoms with E-state index in [4.69, 9.17) is 4.43 Å². The smallest absolute Gasteiger partial charge is 0.336 e. The molecule has 3 nitrogen and oxygen atoms in total. The zero-order chi connectivity index (χ0) is 36.5.